The maximum absolute atomic E-state index is 11.6. The van der Waals surface area contributed by atoms with Gasteiger partial charge in [0, 0.05) is 16.6 Å². The van der Waals surface area contributed by atoms with Gasteiger partial charge in [0.05, 0.1) is 12.5 Å². The molecule has 5 heteroatoms. The van der Waals surface area contributed by atoms with Crippen molar-refractivity contribution >= 4 is 29.1 Å². The molecule has 0 radical (unpaired) electrons. The number of nitrogens with one attached hydrogen (secondary N) is 1. The molecule has 0 fully saturated rings. The molecule has 0 aliphatic heterocycles. The Balaban J connectivity index is 2.51. The summed E-state index contributed by atoms with van der Waals surface area (Å²) in [7, 11) is 0. The zero-order chi connectivity index (χ0) is 12.8. The standard InChI is InChI=1S/C12H15Cl2NO2/c1-8(16)5-6-15-12(17)7-9-10(13)3-2-4-11(9)14/h2-4,8,16H,5-7H2,1H3,(H,15,17). The summed E-state index contributed by atoms with van der Waals surface area (Å²) in [5.74, 6) is -0.152. The van der Waals surface area contributed by atoms with E-state index in [2.05, 4.69) is 5.32 Å². The molecule has 0 aromatic heterocycles. The SMILES string of the molecule is CC(O)CCNC(=O)Cc1c(Cl)cccc1Cl. The lowest BCUT2D eigenvalue weighted by molar-refractivity contribution is -0.120. The molecule has 94 valence electrons. The molecular formula is C12H15Cl2NO2. The number of amides is 1. The van der Waals surface area contributed by atoms with E-state index in [1.54, 1.807) is 25.1 Å². The normalized spacial score (nSPS) is 12.2. The van der Waals surface area contributed by atoms with Crippen molar-refractivity contribution < 1.29 is 9.90 Å². The van der Waals surface area contributed by atoms with Crippen molar-refractivity contribution in [1.82, 2.24) is 5.32 Å². The first-order valence-electron chi connectivity index (χ1n) is 5.38. The molecule has 1 aromatic carbocycles. The Bertz CT molecular complexity index is 374. The molecule has 0 heterocycles. The minimum Gasteiger partial charge on any atom is -0.393 e. The maximum Gasteiger partial charge on any atom is 0.224 e. The average Bonchev–Trinajstić information content (AvgIpc) is 2.23. The molecule has 1 aromatic rings. The Morgan fingerprint density at radius 1 is 1.41 bits per heavy atom. The zero-order valence-electron chi connectivity index (χ0n) is 9.54. The van der Waals surface area contributed by atoms with E-state index in [-0.39, 0.29) is 12.3 Å². The van der Waals surface area contributed by atoms with Crippen LogP contribution in [0.3, 0.4) is 0 Å². The quantitative estimate of drug-likeness (QED) is 0.867. The summed E-state index contributed by atoms with van der Waals surface area (Å²) in [6.07, 6.45) is 0.263. The second-order valence-corrected chi connectivity index (χ2v) is 4.68. The largest absolute Gasteiger partial charge is 0.393 e. The van der Waals surface area contributed by atoms with Crippen LogP contribution in [0.2, 0.25) is 10.0 Å². The predicted molar refractivity (Wildman–Crippen MR) is 69.5 cm³/mol. The number of hydrogen-bond acceptors (Lipinski definition) is 2. The van der Waals surface area contributed by atoms with Gasteiger partial charge in [0.25, 0.3) is 0 Å². The molecule has 0 saturated carbocycles. The fourth-order valence-electron chi connectivity index (χ4n) is 1.34. The topological polar surface area (TPSA) is 49.3 Å². The lowest BCUT2D eigenvalue weighted by atomic mass is 10.1. The smallest absolute Gasteiger partial charge is 0.224 e. The Morgan fingerprint density at radius 2 is 2.00 bits per heavy atom. The van der Waals surface area contributed by atoms with E-state index in [0.717, 1.165) is 0 Å². The first-order valence-corrected chi connectivity index (χ1v) is 6.14. The highest BCUT2D eigenvalue weighted by molar-refractivity contribution is 6.36. The van der Waals surface area contributed by atoms with E-state index in [9.17, 15) is 4.79 Å². The van der Waals surface area contributed by atoms with Crippen LogP contribution in [0, 0.1) is 0 Å². The predicted octanol–water partition coefficient (Wildman–Crippen LogP) is 2.42. The third-order valence-electron chi connectivity index (χ3n) is 2.28. The summed E-state index contributed by atoms with van der Waals surface area (Å²) in [4.78, 5) is 11.6. The van der Waals surface area contributed by atoms with Gasteiger partial charge in [-0.25, -0.2) is 0 Å². The number of hydrogen-bond donors (Lipinski definition) is 2. The maximum atomic E-state index is 11.6. The molecule has 1 atom stereocenters. The van der Waals surface area contributed by atoms with Crippen molar-refractivity contribution in [2.45, 2.75) is 25.9 Å². The zero-order valence-corrected chi connectivity index (χ0v) is 11.1. The molecule has 1 unspecified atom stereocenters. The van der Waals surface area contributed by atoms with Crippen molar-refractivity contribution in [3.05, 3.63) is 33.8 Å². The van der Waals surface area contributed by atoms with Crippen LogP contribution in [-0.2, 0) is 11.2 Å². The number of carbonyl (C=O) groups is 1. The Morgan fingerprint density at radius 3 is 2.53 bits per heavy atom. The van der Waals surface area contributed by atoms with E-state index in [1.165, 1.54) is 0 Å². The molecule has 0 bridgehead atoms. The van der Waals surface area contributed by atoms with Gasteiger partial charge in [0.15, 0.2) is 0 Å². The third-order valence-corrected chi connectivity index (χ3v) is 2.99. The second-order valence-electron chi connectivity index (χ2n) is 3.86. The van der Waals surface area contributed by atoms with Crippen molar-refractivity contribution in [3.8, 4) is 0 Å². The fraction of sp³-hybridized carbons (Fsp3) is 0.417. The molecule has 3 nitrogen and oxygen atoms in total. The molecule has 0 spiro atoms. The molecule has 1 rings (SSSR count). The van der Waals surface area contributed by atoms with Crippen molar-refractivity contribution in [1.29, 1.82) is 0 Å². The Hall–Kier alpha value is -0.770. The molecule has 2 N–H and O–H groups in total. The summed E-state index contributed by atoms with van der Waals surface area (Å²) >= 11 is 11.9. The molecule has 17 heavy (non-hydrogen) atoms. The van der Waals surface area contributed by atoms with Gasteiger partial charge in [-0.1, -0.05) is 29.3 Å². The van der Waals surface area contributed by atoms with Crippen molar-refractivity contribution in [2.75, 3.05) is 6.54 Å². The van der Waals surface area contributed by atoms with Gasteiger partial charge in [-0.3, -0.25) is 4.79 Å². The first-order chi connectivity index (χ1) is 8.00. The summed E-state index contributed by atoms with van der Waals surface area (Å²) in [5, 5.41) is 12.7. The van der Waals surface area contributed by atoms with Crippen LogP contribution in [0.5, 0.6) is 0 Å². The van der Waals surface area contributed by atoms with Crippen LogP contribution >= 0.6 is 23.2 Å². The van der Waals surface area contributed by atoms with E-state index in [0.29, 0.717) is 28.6 Å². The Labute approximate surface area is 111 Å². The van der Waals surface area contributed by atoms with Gasteiger partial charge >= 0.3 is 0 Å². The number of halogens is 2. The highest BCUT2D eigenvalue weighted by atomic mass is 35.5. The highest BCUT2D eigenvalue weighted by Crippen LogP contribution is 2.24. The van der Waals surface area contributed by atoms with Crippen LogP contribution < -0.4 is 5.32 Å². The van der Waals surface area contributed by atoms with Gasteiger partial charge < -0.3 is 10.4 Å². The molecule has 0 aliphatic carbocycles. The van der Waals surface area contributed by atoms with Gasteiger partial charge in [-0.2, -0.15) is 0 Å². The third kappa shape index (κ3) is 4.94. The molecule has 0 aliphatic rings. The van der Waals surface area contributed by atoms with Crippen LogP contribution in [-0.4, -0.2) is 23.7 Å². The lowest BCUT2D eigenvalue weighted by Crippen LogP contribution is -2.28. The number of aliphatic hydroxyl groups is 1. The summed E-state index contributed by atoms with van der Waals surface area (Å²) in [5.41, 5.74) is 0.630. The van der Waals surface area contributed by atoms with Crippen LogP contribution in [0.15, 0.2) is 18.2 Å². The number of carbonyl (C=O) groups excluding carboxylic acids is 1. The minimum atomic E-state index is -0.417. The number of aliphatic hydroxyl groups excluding tert-OH is 1. The second kappa shape index (κ2) is 6.84. The summed E-state index contributed by atoms with van der Waals surface area (Å²) < 4.78 is 0. The van der Waals surface area contributed by atoms with Gasteiger partial charge in [-0.05, 0) is 31.0 Å². The molecule has 1 amide bonds. The monoisotopic (exact) mass is 275 g/mol. The first kappa shape index (κ1) is 14.3. The fourth-order valence-corrected chi connectivity index (χ4v) is 1.88. The van der Waals surface area contributed by atoms with Crippen LogP contribution in [0.25, 0.3) is 0 Å². The van der Waals surface area contributed by atoms with E-state index >= 15 is 0 Å². The lowest BCUT2D eigenvalue weighted by Gasteiger charge is -2.09. The summed E-state index contributed by atoms with van der Waals surface area (Å²) in [6.45, 7) is 2.12. The highest BCUT2D eigenvalue weighted by Gasteiger charge is 2.10. The number of rotatable bonds is 5. The summed E-state index contributed by atoms with van der Waals surface area (Å²) in [6, 6.07) is 5.14. The number of benzene rings is 1. The van der Waals surface area contributed by atoms with Crippen molar-refractivity contribution in [2.24, 2.45) is 0 Å². The van der Waals surface area contributed by atoms with Gasteiger partial charge in [-0.15, -0.1) is 0 Å². The Kier molecular flexibility index (Phi) is 5.75. The van der Waals surface area contributed by atoms with E-state index in [4.69, 9.17) is 28.3 Å². The van der Waals surface area contributed by atoms with Crippen molar-refractivity contribution in [3.63, 3.8) is 0 Å². The van der Waals surface area contributed by atoms with Crippen LogP contribution in [0.4, 0.5) is 0 Å². The average molecular weight is 276 g/mol. The van der Waals surface area contributed by atoms with Gasteiger partial charge in [0.1, 0.15) is 0 Å². The molecule has 0 saturated heterocycles. The van der Waals surface area contributed by atoms with Gasteiger partial charge in [0.2, 0.25) is 5.91 Å². The molecular weight excluding hydrogens is 261 g/mol. The van der Waals surface area contributed by atoms with E-state index in [1.807, 2.05) is 0 Å². The van der Waals surface area contributed by atoms with Crippen LogP contribution in [0.1, 0.15) is 18.9 Å². The minimum absolute atomic E-state index is 0.151. The van der Waals surface area contributed by atoms with E-state index < -0.39 is 6.10 Å².